The molecule has 0 saturated carbocycles. The fourth-order valence-corrected chi connectivity index (χ4v) is 3.51. The molecule has 0 aliphatic rings. The van der Waals surface area contributed by atoms with E-state index in [-0.39, 0.29) is 5.75 Å². The van der Waals surface area contributed by atoms with E-state index in [2.05, 4.69) is 31.5 Å². The first-order valence-corrected chi connectivity index (χ1v) is 11.3. The van der Waals surface area contributed by atoms with Gasteiger partial charge in [0, 0.05) is 17.3 Å². The van der Waals surface area contributed by atoms with Crippen molar-refractivity contribution in [3.05, 3.63) is 65.1 Å². The molecule has 0 saturated heterocycles. The summed E-state index contributed by atoms with van der Waals surface area (Å²) in [4.78, 5) is 12.9. The Balaban J connectivity index is 2.08. The second kappa shape index (κ2) is 9.20. The number of nitrogens with zero attached hydrogens (tertiary/aromatic N) is 3. The number of ether oxygens (including phenoxy) is 1. The third-order valence-electron chi connectivity index (χ3n) is 4.40. The predicted octanol–water partition coefficient (Wildman–Crippen LogP) is 3.89. The van der Waals surface area contributed by atoms with Crippen LogP contribution in [0.15, 0.2) is 36.8 Å². The number of rotatable bonds is 5. The number of benzene rings is 1. The molecule has 0 aliphatic carbocycles. The number of halogens is 1. The summed E-state index contributed by atoms with van der Waals surface area (Å²) in [7, 11) is -1.80. The monoisotopic (exact) mass is 441 g/mol. The van der Waals surface area contributed by atoms with Gasteiger partial charge in [-0.1, -0.05) is 18.8 Å². The minimum atomic E-state index is -3.20. The highest BCUT2D eigenvalue weighted by molar-refractivity contribution is 7.98. The summed E-state index contributed by atoms with van der Waals surface area (Å²) in [6.07, 6.45) is 4.79. The van der Waals surface area contributed by atoms with Gasteiger partial charge in [0.2, 0.25) is 0 Å². The molecule has 1 atom stereocenters. The summed E-state index contributed by atoms with van der Waals surface area (Å²) in [6, 6.07) is 6.25. The summed E-state index contributed by atoms with van der Waals surface area (Å²) in [5.41, 5.74) is 3.88. The number of methoxy groups -OCH3 is 1. The zero-order chi connectivity index (χ0) is 22.6. The number of pyridine rings is 1. The lowest BCUT2D eigenvalue weighted by Gasteiger charge is -2.09. The molecule has 3 rings (SSSR count). The molecule has 31 heavy (non-hydrogen) atoms. The van der Waals surface area contributed by atoms with Crippen molar-refractivity contribution in [2.24, 2.45) is 0 Å². The third kappa shape index (κ3) is 5.42. The maximum Gasteiger partial charge on any atom is 0.307 e. The molecule has 160 valence electrons. The van der Waals surface area contributed by atoms with E-state index in [1.54, 1.807) is 25.3 Å². The van der Waals surface area contributed by atoms with Gasteiger partial charge in [0.25, 0.3) is 0 Å². The van der Waals surface area contributed by atoms with Crippen LogP contribution in [0, 0.1) is 24.6 Å². The normalized spacial score (nSPS) is 12.5. The van der Waals surface area contributed by atoms with E-state index >= 15 is 0 Å². The van der Waals surface area contributed by atoms with Crippen LogP contribution in [-0.2, 0) is 21.0 Å². The smallest absolute Gasteiger partial charge is 0.307 e. The second-order valence-corrected chi connectivity index (χ2v) is 8.57. The summed E-state index contributed by atoms with van der Waals surface area (Å²) in [5.74, 6) is 5.73. The van der Waals surface area contributed by atoms with E-state index in [0.717, 1.165) is 5.69 Å². The molecule has 0 amide bonds. The van der Waals surface area contributed by atoms with Crippen LogP contribution in [0.3, 0.4) is 0 Å². The average Bonchev–Trinajstić information content (AvgIpc) is 2.73. The molecular weight excluding hydrogens is 419 g/mol. The Morgan fingerprint density at radius 3 is 2.65 bits per heavy atom. The number of hydrogen-bond acceptors (Lipinski definition) is 5. The van der Waals surface area contributed by atoms with Crippen molar-refractivity contribution >= 4 is 16.1 Å². The Morgan fingerprint density at radius 1 is 1.23 bits per heavy atom. The van der Waals surface area contributed by atoms with E-state index < -0.39 is 16.2 Å². The lowest BCUT2D eigenvalue weighted by atomic mass is 10.0. The van der Waals surface area contributed by atoms with Crippen molar-refractivity contribution in [2.75, 3.05) is 18.1 Å². The van der Waals surface area contributed by atoms with Crippen molar-refractivity contribution in [2.45, 2.75) is 20.3 Å². The minimum absolute atomic E-state index is 0.142. The molecule has 2 N–H and O–H groups in total. The lowest BCUT2D eigenvalue weighted by Crippen LogP contribution is -2.18. The largest absolute Gasteiger partial charge is 0.494 e. The van der Waals surface area contributed by atoms with Gasteiger partial charge in [0.05, 0.1) is 29.8 Å². The molecule has 7 nitrogen and oxygen atoms in total. The number of aromatic nitrogens is 3. The lowest BCUT2D eigenvalue weighted by molar-refractivity contribution is 0.386. The topological polar surface area (TPSA) is 97.2 Å². The molecule has 2 heterocycles. The quantitative estimate of drug-likeness (QED) is 0.461. The zero-order valence-electron chi connectivity index (χ0n) is 17.6. The fraction of sp³-hybridized carbons (Fsp3) is 0.227. The van der Waals surface area contributed by atoms with Crippen LogP contribution >= 0.6 is 0 Å². The number of nitrogens with one attached hydrogen (secondary N) is 1. The van der Waals surface area contributed by atoms with Gasteiger partial charge >= 0.3 is 10.4 Å². The average molecular weight is 442 g/mol. The SMILES string of the molecule is CCc1ncnc(-c2ccc(OC)c(F)c2)c1C#Cc1cnc(C)c(N[S+](C)(=O)O)c1. The molecule has 0 radical (unpaired) electrons. The Kier molecular flexibility index (Phi) is 6.63. The van der Waals surface area contributed by atoms with E-state index in [1.165, 1.54) is 31.8 Å². The van der Waals surface area contributed by atoms with Crippen molar-refractivity contribution in [1.82, 2.24) is 15.0 Å². The molecule has 1 aromatic carbocycles. The highest BCUT2D eigenvalue weighted by atomic mass is 32.3. The van der Waals surface area contributed by atoms with Gasteiger partial charge in [0.1, 0.15) is 12.0 Å². The molecule has 0 bridgehead atoms. The third-order valence-corrected chi connectivity index (χ3v) is 5.00. The minimum Gasteiger partial charge on any atom is -0.494 e. The highest BCUT2D eigenvalue weighted by Crippen LogP contribution is 2.27. The second-order valence-electron chi connectivity index (χ2n) is 6.76. The van der Waals surface area contributed by atoms with Crippen LogP contribution in [0.2, 0.25) is 0 Å². The molecule has 0 aliphatic heterocycles. The van der Waals surface area contributed by atoms with E-state index in [0.29, 0.717) is 40.2 Å². The van der Waals surface area contributed by atoms with Gasteiger partial charge < -0.3 is 4.74 Å². The van der Waals surface area contributed by atoms with Crippen LogP contribution in [-0.4, -0.2) is 32.9 Å². The Morgan fingerprint density at radius 2 is 2.00 bits per heavy atom. The van der Waals surface area contributed by atoms with E-state index in [9.17, 15) is 13.2 Å². The van der Waals surface area contributed by atoms with Crippen LogP contribution in [0.1, 0.15) is 29.4 Å². The van der Waals surface area contributed by atoms with Crippen molar-refractivity contribution in [3.63, 3.8) is 0 Å². The van der Waals surface area contributed by atoms with Crippen LogP contribution in [0.5, 0.6) is 5.75 Å². The zero-order valence-corrected chi connectivity index (χ0v) is 18.4. The molecule has 0 spiro atoms. The maximum absolute atomic E-state index is 14.3. The fourth-order valence-electron chi connectivity index (χ4n) is 2.90. The van der Waals surface area contributed by atoms with Gasteiger partial charge in [-0.3, -0.25) is 4.98 Å². The first-order valence-electron chi connectivity index (χ1n) is 9.37. The molecule has 2 aromatic heterocycles. The molecular formula is C22H22FN4O3S+. The molecule has 1 unspecified atom stereocenters. The number of hydrogen-bond donors (Lipinski definition) is 2. The number of aryl methyl sites for hydroxylation is 2. The number of anilines is 1. The summed E-state index contributed by atoms with van der Waals surface area (Å²) < 4.78 is 43.0. The summed E-state index contributed by atoms with van der Waals surface area (Å²) in [6.45, 7) is 3.67. The Hall–Kier alpha value is -3.35. The van der Waals surface area contributed by atoms with Crippen molar-refractivity contribution in [1.29, 1.82) is 0 Å². The first-order chi connectivity index (χ1) is 14.7. The van der Waals surface area contributed by atoms with Gasteiger partial charge in [-0.25, -0.2) is 14.4 Å². The molecule has 3 aromatic rings. The van der Waals surface area contributed by atoms with Crippen molar-refractivity contribution < 1.29 is 17.9 Å². The summed E-state index contributed by atoms with van der Waals surface area (Å²) in [5, 5.41) is 0. The van der Waals surface area contributed by atoms with Gasteiger partial charge in [-0.05, 0) is 41.8 Å². The van der Waals surface area contributed by atoms with Gasteiger partial charge in [-0.15, -0.1) is 0 Å². The van der Waals surface area contributed by atoms with Gasteiger partial charge in [-0.2, -0.15) is 9.27 Å². The Labute approximate surface area is 181 Å². The molecule has 9 heteroatoms. The van der Waals surface area contributed by atoms with Crippen LogP contribution in [0.4, 0.5) is 10.1 Å². The van der Waals surface area contributed by atoms with Crippen LogP contribution in [0.25, 0.3) is 11.3 Å². The predicted molar refractivity (Wildman–Crippen MR) is 119 cm³/mol. The van der Waals surface area contributed by atoms with E-state index in [1.807, 2.05) is 6.92 Å². The Bertz CT molecular complexity index is 1230. The first kappa shape index (κ1) is 22.3. The standard InChI is InChI=1S/C22H21FN4O3S/c1-5-19-17(8-6-15-10-20(14(2)24-12-15)27-31(4,28)29)22(26-13-25-19)16-7-9-21(30-3)18(23)11-16/h7,9-13H,5H2,1-4H3,(H-,27,28,29)/p+1. The molecule has 0 fully saturated rings. The maximum atomic E-state index is 14.3. The van der Waals surface area contributed by atoms with Gasteiger partial charge in [0.15, 0.2) is 17.8 Å². The summed E-state index contributed by atoms with van der Waals surface area (Å²) >= 11 is 0. The van der Waals surface area contributed by atoms with E-state index in [4.69, 9.17) is 4.74 Å². The van der Waals surface area contributed by atoms with Crippen LogP contribution < -0.4 is 9.46 Å². The van der Waals surface area contributed by atoms with Crippen molar-refractivity contribution in [3.8, 4) is 28.8 Å². The highest BCUT2D eigenvalue weighted by Gasteiger charge is 2.18.